The predicted molar refractivity (Wildman–Crippen MR) is 360 cm³/mol. The lowest BCUT2D eigenvalue weighted by atomic mass is 9.97. The van der Waals surface area contributed by atoms with Crippen LogP contribution in [0.4, 0.5) is 0 Å². The summed E-state index contributed by atoms with van der Waals surface area (Å²) in [6.07, 6.45) is 61.0. The highest BCUT2D eigenvalue weighted by molar-refractivity contribution is 5.76. The van der Waals surface area contributed by atoms with Crippen molar-refractivity contribution in [1.82, 2.24) is 5.32 Å². The zero-order chi connectivity index (χ0) is 63.8. The second kappa shape index (κ2) is 58.5. The predicted octanol–water partition coefficient (Wildman–Crippen LogP) is 15.2. The Morgan fingerprint density at radius 1 is 0.420 bits per heavy atom. The summed E-state index contributed by atoms with van der Waals surface area (Å²) in [7, 11) is 0. The molecule has 0 aliphatic carbocycles. The van der Waals surface area contributed by atoms with Gasteiger partial charge in [0.2, 0.25) is 5.91 Å². The number of hydrogen-bond donors (Lipinski definition) is 9. The maximum absolute atomic E-state index is 13.4. The molecule has 1 amide bonds. The molecule has 2 aliphatic rings. The molecule has 2 aliphatic heterocycles. The summed E-state index contributed by atoms with van der Waals surface area (Å²) in [6.45, 7) is 2.78. The van der Waals surface area contributed by atoms with Crippen LogP contribution in [0.25, 0.3) is 0 Å². The summed E-state index contributed by atoms with van der Waals surface area (Å²) in [5.41, 5.74) is 0. The SMILES string of the molecule is CC/C=C\C/C=C\C/C=C\C/C=C\C/C=C\CCCCCCCCCC(=O)NC(COC1OC(CO)C(OC2OC(CO)C(O)C(O)C2O)C(O)C1O)C(O)CCCCCCCCCCCCCCCCCCCCCCCCCCCCCCCCC. The number of rotatable bonds is 60. The fourth-order valence-electron chi connectivity index (χ4n) is 12.0. The van der Waals surface area contributed by atoms with E-state index in [1.807, 2.05) is 0 Å². The number of carbonyl (C=O) groups excluding carboxylic acids is 1. The van der Waals surface area contributed by atoms with E-state index in [-0.39, 0.29) is 18.9 Å². The number of ether oxygens (including phenoxy) is 4. The highest BCUT2D eigenvalue weighted by Gasteiger charge is 2.51. The maximum Gasteiger partial charge on any atom is 0.220 e. The number of carbonyl (C=O) groups is 1. The molecule has 0 radical (unpaired) electrons. The fraction of sp³-hybridized carbons (Fsp3) is 0.851. The second-order valence-corrected chi connectivity index (χ2v) is 25.7. The molecule has 514 valence electrons. The van der Waals surface area contributed by atoms with Gasteiger partial charge in [-0.2, -0.15) is 0 Å². The number of hydrogen-bond acceptors (Lipinski definition) is 13. The van der Waals surface area contributed by atoms with Crippen LogP contribution in [-0.4, -0.2) is 140 Å². The zero-order valence-corrected chi connectivity index (χ0v) is 56.0. The maximum atomic E-state index is 13.4. The van der Waals surface area contributed by atoms with Gasteiger partial charge in [0.25, 0.3) is 0 Å². The van der Waals surface area contributed by atoms with E-state index in [9.17, 15) is 45.6 Å². The van der Waals surface area contributed by atoms with Gasteiger partial charge in [-0.05, 0) is 57.8 Å². The Labute approximate surface area is 536 Å². The molecule has 0 saturated carbocycles. The van der Waals surface area contributed by atoms with E-state index in [2.05, 4.69) is 79.9 Å². The van der Waals surface area contributed by atoms with E-state index in [0.717, 1.165) is 96.3 Å². The smallest absolute Gasteiger partial charge is 0.220 e. The monoisotopic (exact) mass is 1250 g/mol. The number of nitrogens with one attached hydrogen (secondary N) is 1. The number of amides is 1. The third-order valence-electron chi connectivity index (χ3n) is 17.7. The average molecular weight is 1250 g/mol. The molecule has 0 aromatic rings. The summed E-state index contributed by atoms with van der Waals surface area (Å²) >= 11 is 0. The molecule has 12 atom stereocenters. The van der Waals surface area contributed by atoms with Gasteiger partial charge in [-0.15, -0.1) is 0 Å². The average Bonchev–Trinajstić information content (AvgIpc) is 1.78. The molecule has 88 heavy (non-hydrogen) atoms. The first-order valence-corrected chi connectivity index (χ1v) is 36.5. The number of aliphatic hydroxyl groups excluding tert-OH is 8. The first kappa shape index (κ1) is 81.8. The summed E-state index contributed by atoms with van der Waals surface area (Å²) in [6, 6.07) is -0.840. The summed E-state index contributed by atoms with van der Waals surface area (Å²) < 4.78 is 22.9. The van der Waals surface area contributed by atoms with Gasteiger partial charge in [0.15, 0.2) is 12.6 Å². The van der Waals surface area contributed by atoms with E-state index in [0.29, 0.717) is 12.8 Å². The fourth-order valence-corrected chi connectivity index (χ4v) is 12.0. The van der Waals surface area contributed by atoms with Gasteiger partial charge in [0.1, 0.15) is 48.8 Å². The number of allylic oxidation sites excluding steroid dienone is 10. The van der Waals surface area contributed by atoms with Gasteiger partial charge < -0.3 is 65.1 Å². The van der Waals surface area contributed by atoms with Crippen LogP contribution in [-0.2, 0) is 23.7 Å². The molecule has 0 aromatic heterocycles. The van der Waals surface area contributed by atoms with E-state index in [1.54, 1.807) is 0 Å². The molecular formula is C74H135NO13. The Kier molecular flexibility index (Phi) is 54.4. The van der Waals surface area contributed by atoms with Crippen molar-refractivity contribution < 1.29 is 64.6 Å². The lowest BCUT2D eigenvalue weighted by molar-refractivity contribution is -0.359. The molecule has 2 rings (SSSR count). The summed E-state index contributed by atoms with van der Waals surface area (Å²) in [5, 5.41) is 87.7. The van der Waals surface area contributed by atoms with Crippen molar-refractivity contribution in [3.8, 4) is 0 Å². The lowest BCUT2D eigenvalue weighted by Crippen LogP contribution is -2.65. The van der Waals surface area contributed by atoms with Crippen molar-refractivity contribution in [3.05, 3.63) is 60.8 Å². The number of aliphatic hydroxyl groups is 8. The van der Waals surface area contributed by atoms with Crippen LogP contribution < -0.4 is 5.32 Å². The van der Waals surface area contributed by atoms with E-state index in [1.165, 1.54) is 180 Å². The molecule has 14 heteroatoms. The highest BCUT2D eigenvalue weighted by Crippen LogP contribution is 2.30. The molecule has 14 nitrogen and oxygen atoms in total. The number of unbranched alkanes of at least 4 members (excludes halogenated alkanes) is 37. The van der Waals surface area contributed by atoms with Crippen LogP contribution in [0.15, 0.2) is 60.8 Å². The van der Waals surface area contributed by atoms with Gasteiger partial charge in [-0.1, -0.05) is 306 Å². The largest absolute Gasteiger partial charge is 0.394 e. The Bertz CT molecular complexity index is 1710. The van der Waals surface area contributed by atoms with Gasteiger partial charge in [0.05, 0.1) is 32.0 Å². The van der Waals surface area contributed by atoms with Crippen LogP contribution in [0.1, 0.15) is 309 Å². The molecule has 0 bridgehead atoms. The van der Waals surface area contributed by atoms with Crippen molar-refractivity contribution in [2.75, 3.05) is 19.8 Å². The second-order valence-electron chi connectivity index (χ2n) is 25.7. The summed E-state index contributed by atoms with van der Waals surface area (Å²) in [5.74, 6) is -0.216. The van der Waals surface area contributed by atoms with Gasteiger partial charge in [-0.25, -0.2) is 0 Å². The Balaban J connectivity index is 1.65. The minimum absolute atomic E-state index is 0.216. The van der Waals surface area contributed by atoms with Crippen LogP contribution in [0.2, 0.25) is 0 Å². The Morgan fingerprint density at radius 2 is 0.784 bits per heavy atom. The molecule has 2 saturated heterocycles. The third-order valence-corrected chi connectivity index (χ3v) is 17.7. The van der Waals surface area contributed by atoms with Gasteiger partial charge >= 0.3 is 0 Å². The topological polar surface area (TPSA) is 228 Å². The van der Waals surface area contributed by atoms with Crippen LogP contribution in [0.3, 0.4) is 0 Å². The molecule has 9 N–H and O–H groups in total. The zero-order valence-electron chi connectivity index (χ0n) is 56.0. The molecule has 0 spiro atoms. The first-order valence-electron chi connectivity index (χ1n) is 36.5. The van der Waals surface area contributed by atoms with Crippen molar-refractivity contribution in [2.45, 2.75) is 383 Å². The van der Waals surface area contributed by atoms with E-state index in [4.69, 9.17) is 18.9 Å². The molecule has 0 aromatic carbocycles. The quantitative estimate of drug-likeness (QED) is 0.0204. The molecule has 2 fully saturated rings. The van der Waals surface area contributed by atoms with Crippen molar-refractivity contribution in [1.29, 1.82) is 0 Å². The highest BCUT2D eigenvalue weighted by atomic mass is 16.7. The van der Waals surface area contributed by atoms with Crippen LogP contribution >= 0.6 is 0 Å². The standard InChI is InChI=1S/C74H135NO13/c1-3-5-7-9-11-13-15-17-19-21-23-25-27-28-29-30-31-32-33-34-36-37-39-41-43-45-47-49-51-53-55-57-63(78)62(61-85-73-71(84)69(82)72(65(60-77)87-73)88-74-70(83)68(81)67(80)64(59-76)86-74)75-66(79)58-56-54-52-50-48-46-44-42-40-38-35-26-24-22-20-18-16-14-12-10-8-6-4-2/h6,8,12,14,18,20,24,26,38,40,62-65,67-74,76-78,80-84H,3-5,7,9-11,13,15-17,19,21-23,25,27-37,39,41-61H2,1-2H3,(H,75,79)/b8-6-,14-12-,20-18-,26-24-,40-38-. The van der Waals surface area contributed by atoms with E-state index < -0.39 is 86.8 Å². The Morgan fingerprint density at radius 3 is 1.20 bits per heavy atom. The van der Waals surface area contributed by atoms with Gasteiger partial charge in [-0.3, -0.25) is 4.79 Å². The lowest BCUT2D eigenvalue weighted by Gasteiger charge is -2.46. The van der Waals surface area contributed by atoms with Crippen LogP contribution in [0.5, 0.6) is 0 Å². The van der Waals surface area contributed by atoms with Crippen molar-refractivity contribution in [2.24, 2.45) is 0 Å². The summed E-state index contributed by atoms with van der Waals surface area (Å²) in [4.78, 5) is 13.4. The van der Waals surface area contributed by atoms with Gasteiger partial charge in [0, 0.05) is 6.42 Å². The first-order chi connectivity index (χ1) is 43.1. The normalized spacial score (nSPS) is 23.5. The van der Waals surface area contributed by atoms with Crippen LogP contribution in [0, 0.1) is 0 Å². The molecular weight excluding hydrogens is 1110 g/mol. The van der Waals surface area contributed by atoms with Crippen molar-refractivity contribution in [3.63, 3.8) is 0 Å². The minimum atomic E-state index is -1.79. The molecule has 12 unspecified atom stereocenters. The molecule has 2 heterocycles. The minimum Gasteiger partial charge on any atom is -0.394 e. The Hall–Kier alpha value is -2.31. The van der Waals surface area contributed by atoms with Crippen molar-refractivity contribution >= 4 is 5.91 Å². The third kappa shape index (κ3) is 42.0. The van der Waals surface area contributed by atoms with E-state index >= 15 is 0 Å².